The van der Waals surface area contributed by atoms with Gasteiger partial charge in [0.15, 0.2) is 5.96 Å². The normalized spacial score (nSPS) is 11.0. The molecule has 0 aromatic heterocycles. The first-order valence-corrected chi connectivity index (χ1v) is 8.52. The molecule has 0 unspecified atom stereocenters. The third kappa shape index (κ3) is 5.81. The maximum absolute atomic E-state index is 12.0. The molecule has 0 radical (unpaired) electrons. The van der Waals surface area contributed by atoms with E-state index in [4.69, 9.17) is 4.74 Å². The number of rotatable bonds is 7. The van der Waals surface area contributed by atoms with Gasteiger partial charge < -0.3 is 20.3 Å². The Labute approximate surface area is 154 Å². The molecule has 26 heavy (non-hydrogen) atoms. The van der Waals surface area contributed by atoms with Crippen LogP contribution in [0.15, 0.2) is 59.6 Å². The molecule has 0 heterocycles. The van der Waals surface area contributed by atoms with E-state index < -0.39 is 0 Å². The number of methoxy groups -OCH3 is 1. The maximum Gasteiger partial charge on any atom is 0.251 e. The highest BCUT2D eigenvalue weighted by Gasteiger charge is 2.07. The van der Waals surface area contributed by atoms with Crippen LogP contribution in [0.2, 0.25) is 0 Å². The van der Waals surface area contributed by atoms with Gasteiger partial charge in [-0.15, -0.1) is 0 Å². The molecule has 0 bridgehead atoms. The van der Waals surface area contributed by atoms with Gasteiger partial charge in [-0.2, -0.15) is 0 Å². The standard InChI is InChI=1S/C20H26N4O2/c1-21-20(24(2)15-16-9-11-18(26-3)12-10-16)23-14-13-22-19(25)17-7-5-4-6-8-17/h4-12H,13-15H2,1-3H3,(H,21,23)(H,22,25). The number of benzene rings is 2. The summed E-state index contributed by atoms with van der Waals surface area (Å²) in [5.74, 6) is 1.54. The van der Waals surface area contributed by atoms with Crippen molar-refractivity contribution in [2.75, 3.05) is 34.3 Å². The number of carbonyl (C=O) groups is 1. The number of hydrogen-bond acceptors (Lipinski definition) is 3. The second-order valence-corrected chi connectivity index (χ2v) is 5.80. The third-order valence-electron chi connectivity index (χ3n) is 3.88. The highest BCUT2D eigenvalue weighted by atomic mass is 16.5. The topological polar surface area (TPSA) is 66.0 Å². The molecule has 0 aliphatic carbocycles. The van der Waals surface area contributed by atoms with E-state index in [1.807, 2.05) is 54.4 Å². The molecule has 0 aliphatic heterocycles. The van der Waals surface area contributed by atoms with Gasteiger partial charge in [-0.1, -0.05) is 30.3 Å². The Hall–Kier alpha value is -3.02. The SMILES string of the molecule is CN=C(NCCNC(=O)c1ccccc1)N(C)Cc1ccc(OC)cc1. The van der Waals surface area contributed by atoms with Crippen molar-refractivity contribution in [3.63, 3.8) is 0 Å². The van der Waals surface area contributed by atoms with E-state index in [2.05, 4.69) is 15.6 Å². The van der Waals surface area contributed by atoms with Crippen molar-refractivity contribution < 1.29 is 9.53 Å². The zero-order valence-corrected chi connectivity index (χ0v) is 15.5. The fourth-order valence-corrected chi connectivity index (χ4v) is 2.51. The van der Waals surface area contributed by atoms with Gasteiger partial charge in [-0.05, 0) is 29.8 Å². The van der Waals surface area contributed by atoms with E-state index in [-0.39, 0.29) is 5.91 Å². The number of nitrogens with zero attached hydrogens (tertiary/aromatic N) is 2. The van der Waals surface area contributed by atoms with Crippen LogP contribution in [0.25, 0.3) is 0 Å². The number of nitrogens with one attached hydrogen (secondary N) is 2. The Bertz CT molecular complexity index is 714. The average molecular weight is 354 g/mol. The monoisotopic (exact) mass is 354 g/mol. The molecule has 0 spiro atoms. The Morgan fingerprint density at radius 3 is 2.31 bits per heavy atom. The Morgan fingerprint density at radius 1 is 1.04 bits per heavy atom. The molecule has 6 heteroatoms. The van der Waals surface area contributed by atoms with Gasteiger partial charge in [-0.3, -0.25) is 9.79 Å². The first kappa shape index (κ1) is 19.3. The zero-order valence-electron chi connectivity index (χ0n) is 15.5. The molecule has 0 atom stereocenters. The lowest BCUT2D eigenvalue weighted by Gasteiger charge is -2.22. The maximum atomic E-state index is 12.0. The Balaban J connectivity index is 1.76. The van der Waals surface area contributed by atoms with E-state index in [0.29, 0.717) is 18.7 Å². The van der Waals surface area contributed by atoms with Gasteiger partial charge in [-0.25, -0.2) is 0 Å². The summed E-state index contributed by atoms with van der Waals surface area (Å²) in [5.41, 5.74) is 1.82. The third-order valence-corrected chi connectivity index (χ3v) is 3.88. The Morgan fingerprint density at radius 2 is 1.69 bits per heavy atom. The fraction of sp³-hybridized carbons (Fsp3) is 0.300. The van der Waals surface area contributed by atoms with Crippen LogP contribution in [0.4, 0.5) is 0 Å². The molecule has 0 saturated carbocycles. The van der Waals surface area contributed by atoms with E-state index >= 15 is 0 Å². The highest BCUT2D eigenvalue weighted by molar-refractivity contribution is 5.94. The number of aliphatic imine (C=N–C) groups is 1. The van der Waals surface area contributed by atoms with Crippen LogP contribution in [0.3, 0.4) is 0 Å². The minimum atomic E-state index is -0.0750. The van der Waals surface area contributed by atoms with Crippen molar-refractivity contribution in [1.29, 1.82) is 0 Å². The van der Waals surface area contributed by atoms with Crippen LogP contribution in [0.1, 0.15) is 15.9 Å². The van der Waals surface area contributed by atoms with Crippen molar-refractivity contribution in [2.45, 2.75) is 6.54 Å². The van der Waals surface area contributed by atoms with Gasteiger partial charge in [0, 0.05) is 39.3 Å². The van der Waals surface area contributed by atoms with Crippen molar-refractivity contribution in [3.8, 4) is 5.75 Å². The van der Waals surface area contributed by atoms with E-state index in [1.54, 1.807) is 26.3 Å². The summed E-state index contributed by atoms with van der Waals surface area (Å²) >= 11 is 0. The molecule has 138 valence electrons. The number of carbonyl (C=O) groups excluding carboxylic acids is 1. The molecular formula is C20H26N4O2. The smallest absolute Gasteiger partial charge is 0.251 e. The number of amides is 1. The second-order valence-electron chi connectivity index (χ2n) is 5.80. The van der Waals surface area contributed by atoms with Crippen molar-refractivity contribution in [1.82, 2.24) is 15.5 Å². The van der Waals surface area contributed by atoms with Crippen molar-refractivity contribution in [2.24, 2.45) is 4.99 Å². The summed E-state index contributed by atoms with van der Waals surface area (Å²) < 4.78 is 5.18. The van der Waals surface area contributed by atoms with E-state index in [9.17, 15) is 4.79 Å². The van der Waals surface area contributed by atoms with Gasteiger partial charge in [0.05, 0.1) is 7.11 Å². The molecule has 2 aromatic rings. The minimum absolute atomic E-state index is 0.0750. The first-order valence-electron chi connectivity index (χ1n) is 8.52. The van der Waals surface area contributed by atoms with Gasteiger partial charge >= 0.3 is 0 Å². The fourth-order valence-electron chi connectivity index (χ4n) is 2.51. The van der Waals surface area contributed by atoms with E-state index in [0.717, 1.165) is 23.8 Å². The lowest BCUT2D eigenvalue weighted by atomic mass is 10.2. The summed E-state index contributed by atoms with van der Waals surface area (Å²) in [5, 5.41) is 6.15. The van der Waals surface area contributed by atoms with Crippen LogP contribution in [-0.2, 0) is 6.54 Å². The predicted molar refractivity (Wildman–Crippen MR) is 105 cm³/mol. The van der Waals surface area contributed by atoms with Crippen LogP contribution >= 0.6 is 0 Å². The summed E-state index contributed by atoms with van der Waals surface area (Å²) in [7, 11) is 5.38. The van der Waals surface area contributed by atoms with Crippen molar-refractivity contribution >= 4 is 11.9 Å². The molecular weight excluding hydrogens is 328 g/mol. The van der Waals surface area contributed by atoms with Gasteiger partial charge in [0.25, 0.3) is 5.91 Å². The lowest BCUT2D eigenvalue weighted by molar-refractivity contribution is 0.0954. The van der Waals surface area contributed by atoms with Crippen molar-refractivity contribution in [3.05, 3.63) is 65.7 Å². The summed E-state index contributed by atoms with van der Waals surface area (Å²) in [6, 6.07) is 17.1. The second kappa shape index (κ2) is 10.1. The molecule has 0 aliphatic rings. The summed E-state index contributed by atoms with van der Waals surface area (Å²) in [4.78, 5) is 18.3. The molecule has 0 fully saturated rings. The molecule has 2 aromatic carbocycles. The zero-order chi connectivity index (χ0) is 18.8. The van der Waals surface area contributed by atoms with Gasteiger partial charge in [0.2, 0.25) is 0 Å². The first-order chi connectivity index (χ1) is 12.6. The van der Waals surface area contributed by atoms with Crippen LogP contribution < -0.4 is 15.4 Å². The summed E-state index contributed by atoms with van der Waals surface area (Å²) in [6.07, 6.45) is 0. The predicted octanol–water partition coefficient (Wildman–Crippen LogP) is 2.13. The number of guanidine groups is 1. The molecule has 2 N–H and O–H groups in total. The summed E-state index contributed by atoms with van der Waals surface area (Å²) in [6.45, 7) is 1.83. The molecule has 1 amide bonds. The average Bonchev–Trinajstić information content (AvgIpc) is 2.69. The van der Waals surface area contributed by atoms with Crippen LogP contribution in [0.5, 0.6) is 5.75 Å². The Kier molecular flexibility index (Phi) is 7.49. The lowest BCUT2D eigenvalue weighted by Crippen LogP contribution is -2.42. The minimum Gasteiger partial charge on any atom is -0.497 e. The van der Waals surface area contributed by atoms with E-state index in [1.165, 1.54) is 0 Å². The molecule has 2 rings (SSSR count). The molecule has 0 saturated heterocycles. The van der Waals surface area contributed by atoms with Gasteiger partial charge in [0.1, 0.15) is 5.75 Å². The van der Waals surface area contributed by atoms with Crippen LogP contribution in [0, 0.1) is 0 Å². The molecule has 6 nitrogen and oxygen atoms in total. The highest BCUT2D eigenvalue weighted by Crippen LogP contribution is 2.12. The number of ether oxygens (including phenoxy) is 1. The van der Waals surface area contributed by atoms with Crippen LogP contribution in [-0.4, -0.2) is 51.1 Å². The number of hydrogen-bond donors (Lipinski definition) is 2. The quantitative estimate of drug-likeness (QED) is 0.454. The largest absolute Gasteiger partial charge is 0.497 e.